The van der Waals surface area contributed by atoms with E-state index < -0.39 is 5.56 Å². The third-order valence-electron chi connectivity index (χ3n) is 4.93. The summed E-state index contributed by atoms with van der Waals surface area (Å²) >= 11 is 0. The quantitative estimate of drug-likeness (QED) is 0.491. The second-order valence-corrected chi connectivity index (χ2v) is 7.04. The van der Waals surface area contributed by atoms with Gasteiger partial charge in [0, 0.05) is 5.56 Å². The molecule has 146 valence electrons. The summed E-state index contributed by atoms with van der Waals surface area (Å²) in [5.74, 6) is -0.345. The SMILES string of the molecule is CC(CCCc1ccccc1)n1nnc2c(=O)[nH]c(C(=O)c3ccccc3)nc21. The lowest BCUT2D eigenvalue weighted by Crippen LogP contribution is -2.18. The van der Waals surface area contributed by atoms with Crippen LogP contribution in [-0.2, 0) is 6.42 Å². The van der Waals surface area contributed by atoms with Crippen LogP contribution in [0.15, 0.2) is 65.5 Å². The van der Waals surface area contributed by atoms with E-state index >= 15 is 0 Å². The molecule has 0 aliphatic heterocycles. The Bertz CT molecular complexity index is 1180. The van der Waals surface area contributed by atoms with Crippen molar-refractivity contribution in [3.63, 3.8) is 0 Å². The molecule has 0 saturated heterocycles. The first-order valence-electron chi connectivity index (χ1n) is 9.62. The lowest BCUT2D eigenvalue weighted by atomic mass is 10.1. The number of ketones is 1. The van der Waals surface area contributed by atoms with E-state index in [9.17, 15) is 9.59 Å². The number of hydrogen-bond acceptors (Lipinski definition) is 5. The predicted molar refractivity (Wildman–Crippen MR) is 110 cm³/mol. The number of nitrogens with one attached hydrogen (secondary N) is 1. The van der Waals surface area contributed by atoms with Crippen molar-refractivity contribution in [1.29, 1.82) is 0 Å². The molecule has 2 heterocycles. The van der Waals surface area contributed by atoms with Crippen LogP contribution in [0.1, 0.15) is 47.6 Å². The van der Waals surface area contributed by atoms with Gasteiger partial charge in [0.2, 0.25) is 5.78 Å². The van der Waals surface area contributed by atoms with Gasteiger partial charge in [-0.25, -0.2) is 9.67 Å². The minimum Gasteiger partial charge on any atom is -0.302 e. The third kappa shape index (κ3) is 3.99. The summed E-state index contributed by atoms with van der Waals surface area (Å²) in [5.41, 5.74) is 1.76. The zero-order chi connectivity index (χ0) is 20.2. The zero-order valence-electron chi connectivity index (χ0n) is 16.1. The van der Waals surface area contributed by atoms with Crippen molar-refractivity contribution in [2.24, 2.45) is 0 Å². The molecule has 0 spiro atoms. The standard InChI is InChI=1S/C22H21N5O2/c1-15(9-8-12-16-10-4-2-5-11-16)27-21-18(25-26-27)22(29)24-20(23-21)19(28)17-13-6-3-7-14-17/h2-7,10-11,13-15H,8-9,12H2,1H3,(H,23,24,29). The molecule has 0 saturated carbocycles. The maximum Gasteiger partial charge on any atom is 0.281 e. The molecule has 29 heavy (non-hydrogen) atoms. The number of carbonyl (C=O) groups is 1. The highest BCUT2D eigenvalue weighted by Crippen LogP contribution is 2.18. The van der Waals surface area contributed by atoms with E-state index in [4.69, 9.17) is 0 Å². The summed E-state index contributed by atoms with van der Waals surface area (Å²) in [6.45, 7) is 2.01. The fourth-order valence-electron chi connectivity index (χ4n) is 3.34. The Balaban J connectivity index is 1.57. The van der Waals surface area contributed by atoms with Gasteiger partial charge >= 0.3 is 0 Å². The first-order valence-corrected chi connectivity index (χ1v) is 9.62. The molecule has 2 aromatic heterocycles. The average Bonchev–Trinajstić information content (AvgIpc) is 3.19. The Morgan fingerprint density at radius 1 is 1.07 bits per heavy atom. The number of rotatable bonds is 7. The molecule has 4 rings (SSSR count). The molecule has 0 radical (unpaired) electrons. The molecule has 0 aliphatic carbocycles. The van der Waals surface area contributed by atoms with Crippen LogP contribution in [0.3, 0.4) is 0 Å². The number of nitrogens with zero attached hydrogens (tertiary/aromatic N) is 4. The van der Waals surface area contributed by atoms with E-state index in [1.54, 1.807) is 28.9 Å². The van der Waals surface area contributed by atoms with E-state index in [0.717, 1.165) is 19.3 Å². The van der Waals surface area contributed by atoms with Crippen LogP contribution in [0, 0.1) is 0 Å². The van der Waals surface area contributed by atoms with Crippen molar-refractivity contribution in [2.75, 3.05) is 0 Å². The Morgan fingerprint density at radius 2 is 1.76 bits per heavy atom. The lowest BCUT2D eigenvalue weighted by molar-refractivity contribution is 0.102. The van der Waals surface area contributed by atoms with Gasteiger partial charge in [-0.1, -0.05) is 65.9 Å². The minimum absolute atomic E-state index is 0.00214. The molecule has 1 atom stereocenters. The topological polar surface area (TPSA) is 93.5 Å². The molecule has 0 amide bonds. The van der Waals surface area contributed by atoms with Crippen LogP contribution < -0.4 is 5.56 Å². The van der Waals surface area contributed by atoms with Gasteiger partial charge in [0.25, 0.3) is 5.56 Å². The summed E-state index contributed by atoms with van der Waals surface area (Å²) in [6, 6.07) is 19.0. The van der Waals surface area contributed by atoms with Crippen LogP contribution in [0.5, 0.6) is 0 Å². The van der Waals surface area contributed by atoms with E-state index in [1.807, 2.05) is 31.2 Å². The van der Waals surface area contributed by atoms with Crippen molar-refractivity contribution in [2.45, 2.75) is 32.2 Å². The van der Waals surface area contributed by atoms with Crippen LogP contribution in [0.4, 0.5) is 0 Å². The molecule has 0 bridgehead atoms. The third-order valence-corrected chi connectivity index (χ3v) is 4.93. The number of aryl methyl sites for hydroxylation is 1. The highest BCUT2D eigenvalue weighted by Gasteiger charge is 2.19. The molecule has 4 aromatic rings. The molecule has 1 N–H and O–H groups in total. The summed E-state index contributed by atoms with van der Waals surface area (Å²) in [4.78, 5) is 32.0. The number of benzene rings is 2. The molecule has 0 aliphatic rings. The Hall–Kier alpha value is -3.61. The summed E-state index contributed by atoms with van der Waals surface area (Å²) in [6.07, 6.45) is 2.78. The van der Waals surface area contributed by atoms with Gasteiger partial charge in [-0.3, -0.25) is 9.59 Å². The van der Waals surface area contributed by atoms with Gasteiger partial charge in [-0.2, -0.15) is 0 Å². The van der Waals surface area contributed by atoms with Crippen molar-refractivity contribution in [1.82, 2.24) is 25.0 Å². The van der Waals surface area contributed by atoms with Gasteiger partial charge in [0.1, 0.15) is 0 Å². The molecule has 0 fully saturated rings. The van der Waals surface area contributed by atoms with Crippen LogP contribution in [0.2, 0.25) is 0 Å². The van der Waals surface area contributed by atoms with Gasteiger partial charge in [0.15, 0.2) is 17.0 Å². The number of aromatic amines is 1. The lowest BCUT2D eigenvalue weighted by Gasteiger charge is -2.12. The van der Waals surface area contributed by atoms with Crippen LogP contribution in [-0.4, -0.2) is 30.7 Å². The first-order chi connectivity index (χ1) is 14.1. The van der Waals surface area contributed by atoms with Crippen LogP contribution >= 0.6 is 0 Å². The number of fused-ring (bicyclic) bond motifs is 1. The molecule has 1 unspecified atom stereocenters. The van der Waals surface area contributed by atoms with Crippen molar-refractivity contribution in [3.8, 4) is 0 Å². The molecule has 7 nitrogen and oxygen atoms in total. The minimum atomic E-state index is -0.461. The molecule has 7 heteroatoms. The normalized spacial score (nSPS) is 12.2. The second-order valence-electron chi connectivity index (χ2n) is 7.04. The Kier molecular flexibility index (Phi) is 5.29. The number of carbonyl (C=O) groups excluding carboxylic acids is 1. The van der Waals surface area contributed by atoms with Gasteiger partial charge in [-0.15, -0.1) is 5.10 Å². The summed E-state index contributed by atoms with van der Waals surface area (Å²) < 4.78 is 1.64. The first kappa shape index (κ1) is 18.7. The number of H-pyrrole nitrogens is 1. The van der Waals surface area contributed by atoms with E-state index in [-0.39, 0.29) is 23.2 Å². The van der Waals surface area contributed by atoms with E-state index in [0.29, 0.717) is 11.2 Å². The Labute approximate surface area is 167 Å². The summed E-state index contributed by atoms with van der Waals surface area (Å²) in [5, 5.41) is 8.10. The monoisotopic (exact) mass is 387 g/mol. The van der Waals surface area contributed by atoms with Crippen molar-refractivity contribution < 1.29 is 4.79 Å². The smallest absolute Gasteiger partial charge is 0.281 e. The van der Waals surface area contributed by atoms with Gasteiger partial charge in [0.05, 0.1) is 6.04 Å². The highest BCUT2D eigenvalue weighted by molar-refractivity contribution is 6.06. The van der Waals surface area contributed by atoms with Crippen molar-refractivity contribution >= 4 is 16.9 Å². The average molecular weight is 387 g/mol. The highest BCUT2D eigenvalue weighted by atomic mass is 16.1. The summed E-state index contributed by atoms with van der Waals surface area (Å²) in [7, 11) is 0. The zero-order valence-corrected chi connectivity index (χ0v) is 16.1. The molecule has 2 aromatic carbocycles. The molecular formula is C22H21N5O2. The number of hydrogen-bond donors (Lipinski definition) is 1. The fraction of sp³-hybridized carbons (Fsp3) is 0.227. The van der Waals surface area contributed by atoms with Gasteiger partial charge < -0.3 is 4.98 Å². The maximum absolute atomic E-state index is 12.7. The molecular weight excluding hydrogens is 366 g/mol. The Morgan fingerprint density at radius 3 is 2.48 bits per heavy atom. The van der Waals surface area contributed by atoms with Crippen LogP contribution in [0.25, 0.3) is 11.2 Å². The predicted octanol–water partition coefficient (Wildman–Crippen LogP) is 3.33. The maximum atomic E-state index is 12.7. The fourth-order valence-corrected chi connectivity index (χ4v) is 3.34. The van der Waals surface area contributed by atoms with Crippen molar-refractivity contribution in [3.05, 3.63) is 88.0 Å². The van der Waals surface area contributed by atoms with Gasteiger partial charge in [-0.05, 0) is 31.7 Å². The van der Waals surface area contributed by atoms with E-state index in [1.165, 1.54) is 5.56 Å². The largest absolute Gasteiger partial charge is 0.302 e. The second kappa shape index (κ2) is 8.18. The van der Waals surface area contributed by atoms with E-state index in [2.05, 4.69) is 32.4 Å². The number of aromatic nitrogens is 5.